The van der Waals surface area contributed by atoms with E-state index in [0.717, 1.165) is 23.8 Å². The number of aromatic hydroxyl groups is 1. The number of rotatable bonds is 7. The molecule has 0 radical (unpaired) electrons. The Hall–Kier alpha value is -3.04. The van der Waals surface area contributed by atoms with Gasteiger partial charge in [0.1, 0.15) is 17.2 Å². The van der Waals surface area contributed by atoms with Gasteiger partial charge in [0.25, 0.3) is 5.56 Å². The van der Waals surface area contributed by atoms with Crippen molar-refractivity contribution in [2.75, 3.05) is 0 Å². The first-order chi connectivity index (χ1) is 14.3. The normalized spacial score (nSPS) is 11.0. The van der Waals surface area contributed by atoms with Crippen LogP contribution < -0.4 is 5.56 Å². The second-order valence-corrected chi connectivity index (χ2v) is 7.79. The highest BCUT2D eigenvalue weighted by atomic mass is 35.5. The fourth-order valence-corrected chi connectivity index (χ4v) is 3.82. The Balaban J connectivity index is 2.15. The van der Waals surface area contributed by atoms with Crippen LogP contribution in [0.3, 0.4) is 0 Å². The molecule has 0 saturated carbocycles. The van der Waals surface area contributed by atoms with Crippen molar-refractivity contribution in [3.63, 3.8) is 0 Å². The molecule has 0 aliphatic heterocycles. The number of unbranched alkanes of at least 4 members (excludes halogenated alkanes) is 3. The quantitative estimate of drug-likeness (QED) is 0.411. The number of pyridine rings is 1. The van der Waals surface area contributed by atoms with E-state index in [1.54, 1.807) is 25.1 Å². The maximum absolute atomic E-state index is 13.4. The zero-order chi connectivity index (χ0) is 22.0. The second kappa shape index (κ2) is 8.76. The van der Waals surface area contributed by atoms with Crippen LogP contribution in [-0.4, -0.2) is 15.5 Å². The minimum Gasteiger partial charge on any atom is -0.494 e. The van der Waals surface area contributed by atoms with Gasteiger partial charge in [-0.25, -0.2) is 0 Å². The molecule has 156 valence electrons. The molecule has 0 saturated heterocycles. The van der Waals surface area contributed by atoms with Crippen molar-refractivity contribution in [3.05, 3.63) is 61.6 Å². The molecule has 6 nitrogen and oxygen atoms in total. The third-order valence-electron chi connectivity index (χ3n) is 5.37. The molecule has 1 aromatic carbocycles. The monoisotopic (exact) mass is 426 g/mol. The van der Waals surface area contributed by atoms with Crippen molar-refractivity contribution in [1.82, 2.24) is 4.57 Å². The smallest absolute Gasteiger partial charge is 0.271 e. The molecule has 2 aromatic heterocycles. The van der Waals surface area contributed by atoms with Crippen LogP contribution in [0.5, 0.6) is 5.88 Å². The summed E-state index contributed by atoms with van der Waals surface area (Å²) in [7, 11) is 0. The van der Waals surface area contributed by atoms with Crippen LogP contribution in [0, 0.1) is 25.2 Å². The first-order valence-corrected chi connectivity index (χ1v) is 10.3. The van der Waals surface area contributed by atoms with Crippen molar-refractivity contribution in [2.24, 2.45) is 0 Å². The molecular weight excluding hydrogens is 404 g/mol. The van der Waals surface area contributed by atoms with E-state index in [0.29, 0.717) is 28.0 Å². The molecule has 0 atom stereocenters. The average molecular weight is 427 g/mol. The second-order valence-electron chi connectivity index (χ2n) is 7.35. The largest absolute Gasteiger partial charge is 0.494 e. The number of nitriles is 1. The topological polar surface area (TPSA) is 96.2 Å². The lowest BCUT2D eigenvalue weighted by molar-refractivity contribution is 0.100. The summed E-state index contributed by atoms with van der Waals surface area (Å²) >= 11 is 6.05. The van der Waals surface area contributed by atoms with Gasteiger partial charge in [0, 0.05) is 22.5 Å². The van der Waals surface area contributed by atoms with Gasteiger partial charge in [0.15, 0.2) is 5.76 Å². The molecule has 0 aliphatic rings. The van der Waals surface area contributed by atoms with E-state index < -0.39 is 17.2 Å². The summed E-state index contributed by atoms with van der Waals surface area (Å²) in [5, 5.41) is 21.5. The molecule has 0 bridgehead atoms. The number of fused-ring (bicyclic) bond motifs is 1. The molecule has 0 fully saturated rings. The number of ketones is 1. The fraction of sp³-hybridized carbons (Fsp3) is 0.348. The number of hydrogen-bond acceptors (Lipinski definition) is 5. The van der Waals surface area contributed by atoms with E-state index in [9.17, 15) is 20.0 Å². The van der Waals surface area contributed by atoms with Gasteiger partial charge in [-0.15, -0.1) is 0 Å². The van der Waals surface area contributed by atoms with Crippen LogP contribution >= 0.6 is 11.6 Å². The van der Waals surface area contributed by atoms with E-state index in [2.05, 4.69) is 6.92 Å². The van der Waals surface area contributed by atoms with Crippen molar-refractivity contribution < 1.29 is 14.3 Å². The third kappa shape index (κ3) is 3.73. The summed E-state index contributed by atoms with van der Waals surface area (Å²) in [5.41, 5.74) is 0.390. The van der Waals surface area contributed by atoms with E-state index in [4.69, 9.17) is 16.0 Å². The standard InChI is InChI=1S/C23H23ClN2O4/c1-4-5-6-7-10-26-22(28)17(12-25)13(2)19(23(26)29)20(27)21-14(3)16-11-15(24)8-9-18(16)30-21/h8-9,11,29H,4-7,10H2,1-3H3. The van der Waals surface area contributed by atoms with Gasteiger partial charge < -0.3 is 9.52 Å². The minimum atomic E-state index is -0.589. The third-order valence-corrected chi connectivity index (χ3v) is 5.60. The van der Waals surface area contributed by atoms with Gasteiger partial charge in [-0.05, 0) is 44.0 Å². The Morgan fingerprint density at radius 1 is 1.23 bits per heavy atom. The molecule has 1 N–H and O–H groups in total. The zero-order valence-electron chi connectivity index (χ0n) is 17.2. The Morgan fingerprint density at radius 3 is 2.63 bits per heavy atom. The highest BCUT2D eigenvalue weighted by Crippen LogP contribution is 2.32. The highest BCUT2D eigenvalue weighted by Gasteiger charge is 2.28. The molecule has 0 spiro atoms. The predicted octanol–water partition coefficient (Wildman–Crippen LogP) is 5.25. The van der Waals surface area contributed by atoms with Gasteiger partial charge in [-0.2, -0.15) is 5.26 Å². The van der Waals surface area contributed by atoms with Crippen molar-refractivity contribution in [2.45, 2.75) is 53.0 Å². The molecule has 3 rings (SSSR count). The number of halogens is 1. The van der Waals surface area contributed by atoms with Crippen molar-refractivity contribution in [1.29, 1.82) is 5.26 Å². The van der Waals surface area contributed by atoms with Crippen LogP contribution in [0.1, 0.15) is 65.4 Å². The maximum atomic E-state index is 13.4. The lowest BCUT2D eigenvalue weighted by atomic mass is 9.98. The number of nitrogens with zero attached hydrogens (tertiary/aromatic N) is 2. The number of carbonyl (C=O) groups excluding carboxylic acids is 1. The molecule has 0 amide bonds. The van der Waals surface area contributed by atoms with E-state index in [1.165, 1.54) is 6.92 Å². The van der Waals surface area contributed by atoms with Gasteiger partial charge >= 0.3 is 0 Å². The summed E-state index contributed by atoms with van der Waals surface area (Å²) in [6.45, 7) is 5.52. The number of benzene rings is 1. The summed E-state index contributed by atoms with van der Waals surface area (Å²) in [6, 6.07) is 6.92. The van der Waals surface area contributed by atoms with E-state index >= 15 is 0 Å². The maximum Gasteiger partial charge on any atom is 0.271 e. The fourth-order valence-electron chi connectivity index (χ4n) is 3.65. The lowest BCUT2D eigenvalue weighted by Crippen LogP contribution is -2.27. The van der Waals surface area contributed by atoms with Crippen molar-refractivity contribution in [3.8, 4) is 11.9 Å². The van der Waals surface area contributed by atoms with Crippen LogP contribution in [0.2, 0.25) is 5.02 Å². The highest BCUT2D eigenvalue weighted by molar-refractivity contribution is 6.31. The first-order valence-electron chi connectivity index (χ1n) is 9.91. The Bertz CT molecular complexity index is 1230. The Labute approximate surface area is 179 Å². The SMILES string of the molecule is CCCCCCn1c(O)c(C(=O)c2oc3ccc(Cl)cc3c2C)c(C)c(C#N)c1=O. The van der Waals surface area contributed by atoms with Crippen LogP contribution in [0.25, 0.3) is 11.0 Å². The lowest BCUT2D eigenvalue weighted by Gasteiger charge is -2.15. The van der Waals surface area contributed by atoms with Crippen molar-refractivity contribution >= 4 is 28.4 Å². The Kier molecular flexibility index (Phi) is 6.33. The van der Waals surface area contributed by atoms with E-state index in [-0.39, 0.29) is 29.0 Å². The van der Waals surface area contributed by atoms with Gasteiger partial charge in [-0.3, -0.25) is 14.2 Å². The molecule has 30 heavy (non-hydrogen) atoms. The van der Waals surface area contributed by atoms with Gasteiger partial charge in [-0.1, -0.05) is 37.8 Å². The summed E-state index contributed by atoms with van der Waals surface area (Å²) in [6.07, 6.45) is 3.56. The summed E-state index contributed by atoms with van der Waals surface area (Å²) < 4.78 is 6.86. The van der Waals surface area contributed by atoms with E-state index in [1.807, 2.05) is 6.07 Å². The van der Waals surface area contributed by atoms with Gasteiger partial charge in [0.2, 0.25) is 11.7 Å². The van der Waals surface area contributed by atoms with Crippen LogP contribution in [0.4, 0.5) is 0 Å². The summed E-state index contributed by atoms with van der Waals surface area (Å²) in [4.78, 5) is 26.1. The molecule has 3 aromatic rings. The predicted molar refractivity (Wildman–Crippen MR) is 115 cm³/mol. The number of hydrogen-bond donors (Lipinski definition) is 1. The van der Waals surface area contributed by atoms with Crippen LogP contribution in [-0.2, 0) is 6.54 Å². The van der Waals surface area contributed by atoms with Gasteiger partial charge in [0.05, 0.1) is 5.56 Å². The molecule has 0 aliphatic carbocycles. The molecule has 2 heterocycles. The molecule has 7 heteroatoms. The number of furan rings is 1. The summed E-state index contributed by atoms with van der Waals surface area (Å²) in [5.74, 6) is -0.963. The zero-order valence-corrected chi connectivity index (χ0v) is 18.0. The Morgan fingerprint density at radius 2 is 1.97 bits per heavy atom. The average Bonchev–Trinajstić information content (AvgIpc) is 3.03. The minimum absolute atomic E-state index is 0.0470. The van der Waals surface area contributed by atoms with Crippen LogP contribution in [0.15, 0.2) is 27.4 Å². The molecular formula is C23H23ClN2O4. The number of aromatic nitrogens is 1. The number of aryl methyl sites for hydroxylation is 1. The first kappa shape index (κ1) is 21.7. The molecule has 0 unspecified atom stereocenters. The number of carbonyl (C=O) groups is 1.